The molecule has 0 aliphatic carbocycles. The van der Waals surface area contributed by atoms with Crippen molar-refractivity contribution in [3.8, 4) is 5.75 Å². The van der Waals surface area contributed by atoms with Gasteiger partial charge in [-0.05, 0) is 37.1 Å². The number of amides is 1. The fraction of sp³-hybridized carbons (Fsp3) is 0.462. The monoisotopic (exact) mass is 268 g/mol. The van der Waals surface area contributed by atoms with E-state index in [0.29, 0.717) is 16.5 Å². The molecular formula is C13H17ClN2O2. The van der Waals surface area contributed by atoms with Gasteiger partial charge < -0.3 is 15.7 Å². The van der Waals surface area contributed by atoms with Crippen LogP contribution in [0.15, 0.2) is 18.2 Å². The summed E-state index contributed by atoms with van der Waals surface area (Å²) in [4.78, 5) is 12.1. The van der Waals surface area contributed by atoms with Crippen LogP contribution in [-0.4, -0.2) is 30.1 Å². The molecule has 1 fully saturated rings. The Hall–Kier alpha value is -1.26. The van der Waals surface area contributed by atoms with Gasteiger partial charge in [0.25, 0.3) is 5.91 Å². The van der Waals surface area contributed by atoms with Crippen molar-refractivity contribution in [3.05, 3.63) is 28.8 Å². The first-order valence-corrected chi connectivity index (χ1v) is 6.46. The number of phenolic OH excluding ortho intramolecular Hbond substituents is 1. The van der Waals surface area contributed by atoms with E-state index in [1.165, 1.54) is 18.2 Å². The standard InChI is InChI=1S/C13H17ClN2O2/c1-8-4-5-15-7-12(8)16-13(18)10-6-9(17)2-3-11(10)14/h2-3,6,8,12,15,17H,4-5,7H2,1H3,(H,16,18). The van der Waals surface area contributed by atoms with E-state index >= 15 is 0 Å². The molecule has 0 spiro atoms. The zero-order valence-electron chi connectivity index (χ0n) is 10.2. The normalized spacial score (nSPS) is 23.7. The summed E-state index contributed by atoms with van der Waals surface area (Å²) in [6.07, 6.45) is 1.04. The van der Waals surface area contributed by atoms with Gasteiger partial charge >= 0.3 is 0 Å². The molecule has 2 atom stereocenters. The van der Waals surface area contributed by atoms with Crippen LogP contribution in [0.1, 0.15) is 23.7 Å². The molecule has 2 rings (SSSR count). The smallest absolute Gasteiger partial charge is 0.253 e. The van der Waals surface area contributed by atoms with Crippen LogP contribution >= 0.6 is 11.6 Å². The van der Waals surface area contributed by atoms with Gasteiger partial charge in [0, 0.05) is 12.6 Å². The van der Waals surface area contributed by atoms with E-state index in [4.69, 9.17) is 11.6 Å². The molecule has 1 saturated heterocycles. The van der Waals surface area contributed by atoms with E-state index in [-0.39, 0.29) is 17.7 Å². The molecule has 0 aromatic heterocycles. The Morgan fingerprint density at radius 3 is 3.06 bits per heavy atom. The predicted molar refractivity (Wildman–Crippen MR) is 71.0 cm³/mol. The number of piperidine rings is 1. The van der Waals surface area contributed by atoms with Crippen LogP contribution in [0.3, 0.4) is 0 Å². The number of rotatable bonds is 2. The molecule has 4 nitrogen and oxygen atoms in total. The molecule has 1 aromatic carbocycles. The maximum atomic E-state index is 12.1. The minimum atomic E-state index is -0.239. The van der Waals surface area contributed by atoms with Crippen LogP contribution < -0.4 is 10.6 Å². The number of hydrogen-bond donors (Lipinski definition) is 3. The Bertz CT molecular complexity index is 451. The van der Waals surface area contributed by atoms with Gasteiger partial charge in [-0.15, -0.1) is 0 Å². The van der Waals surface area contributed by atoms with Gasteiger partial charge in [0.2, 0.25) is 0 Å². The second kappa shape index (κ2) is 5.59. The largest absolute Gasteiger partial charge is 0.508 e. The Kier molecular flexibility index (Phi) is 4.09. The molecule has 1 aliphatic heterocycles. The number of hydrogen-bond acceptors (Lipinski definition) is 3. The zero-order valence-corrected chi connectivity index (χ0v) is 11.0. The third-order valence-corrected chi connectivity index (χ3v) is 3.67. The predicted octanol–water partition coefficient (Wildman–Crippen LogP) is 1.77. The van der Waals surface area contributed by atoms with Crippen molar-refractivity contribution in [2.24, 2.45) is 5.92 Å². The first kappa shape index (κ1) is 13.2. The molecule has 5 heteroatoms. The number of phenols is 1. The Morgan fingerprint density at radius 1 is 1.56 bits per heavy atom. The van der Waals surface area contributed by atoms with Gasteiger partial charge in [0.05, 0.1) is 10.6 Å². The molecule has 0 saturated carbocycles. The summed E-state index contributed by atoms with van der Waals surface area (Å²) in [5, 5.41) is 15.9. The summed E-state index contributed by atoms with van der Waals surface area (Å²) in [6.45, 7) is 3.87. The van der Waals surface area contributed by atoms with Crippen LogP contribution in [0.4, 0.5) is 0 Å². The number of carbonyl (C=O) groups is 1. The van der Waals surface area contributed by atoms with Crippen LogP contribution in [0.25, 0.3) is 0 Å². The molecule has 1 amide bonds. The summed E-state index contributed by atoms with van der Waals surface area (Å²) < 4.78 is 0. The number of carbonyl (C=O) groups excluding carboxylic acids is 1. The first-order valence-electron chi connectivity index (χ1n) is 6.08. The summed E-state index contributed by atoms with van der Waals surface area (Å²) in [5.74, 6) is 0.238. The summed E-state index contributed by atoms with van der Waals surface area (Å²) in [5.41, 5.74) is 0.314. The lowest BCUT2D eigenvalue weighted by Crippen LogP contribution is -2.50. The number of halogens is 1. The highest BCUT2D eigenvalue weighted by atomic mass is 35.5. The Balaban J connectivity index is 2.09. The molecule has 2 unspecified atom stereocenters. The van der Waals surface area contributed by atoms with Gasteiger partial charge in [-0.3, -0.25) is 4.79 Å². The molecule has 3 N–H and O–H groups in total. The molecule has 1 aromatic rings. The molecule has 1 aliphatic rings. The van der Waals surface area contributed by atoms with Crippen molar-refractivity contribution in [1.82, 2.24) is 10.6 Å². The van der Waals surface area contributed by atoms with E-state index in [1.54, 1.807) is 0 Å². The van der Waals surface area contributed by atoms with Gasteiger partial charge in [0.15, 0.2) is 0 Å². The van der Waals surface area contributed by atoms with Crippen molar-refractivity contribution in [2.45, 2.75) is 19.4 Å². The number of aromatic hydroxyl groups is 1. The van der Waals surface area contributed by atoms with E-state index in [1.807, 2.05) is 0 Å². The molecule has 0 radical (unpaired) electrons. The van der Waals surface area contributed by atoms with Gasteiger partial charge in [0.1, 0.15) is 5.75 Å². The quantitative estimate of drug-likeness (QED) is 0.766. The van der Waals surface area contributed by atoms with E-state index in [0.717, 1.165) is 19.5 Å². The zero-order chi connectivity index (χ0) is 13.1. The van der Waals surface area contributed by atoms with Gasteiger partial charge in [-0.1, -0.05) is 18.5 Å². The van der Waals surface area contributed by atoms with E-state index < -0.39 is 0 Å². The van der Waals surface area contributed by atoms with Crippen LogP contribution in [0.5, 0.6) is 5.75 Å². The van der Waals surface area contributed by atoms with E-state index in [2.05, 4.69) is 17.6 Å². The number of nitrogens with one attached hydrogen (secondary N) is 2. The third-order valence-electron chi connectivity index (χ3n) is 3.34. The van der Waals surface area contributed by atoms with Crippen molar-refractivity contribution >= 4 is 17.5 Å². The SMILES string of the molecule is CC1CCNCC1NC(=O)c1cc(O)ccc1Cl. The van der Waals surface area contributed by atoms with Crippen LogP contribution in [0.2, 0.25) is 5.02 Å². The second-order valence-corrected chi connectivity index (χ2v) is 5.12. The summed E-state index contributed by atoms with van der Waals surface area (Å²) in [6, 6.07) is 4.47. The fourth-order valence-electron chi connectivity index (χ4n) is 2.12. The van der Waals surface area contributed by atoms with E-state index in [9.17, 15) is 9.90 Å². The molecule has 0 bridgehead atoms. The highest BCUT2D eigenvalue weighted by Crippen LogP contribution is 2.21. The first-order chi connectivity index (χ1) is 8.58. The molecular weight excluding hydrogens is 252 g/mol. The minimum Gasteiger partial charge on any atom is -0.508 e. The maximum absolute atomic E-state index is 12.1. The lowest BCUT2D eigenvalue weighted by atomic mass is 9.94. The minimum absolute atomic E-state index is 0.0411. The topological polar surface area (TPSA) is 61.4 Å². The average molecular weight is 269 g/mol. The fourth-order valence-corrected chi connectivity index (χ4v) is 2.32. The summed E-state index contributed by atoms with van der Waals surface area (Å²) in [7, 11) is 0. The molecule has 1 heterocycles. The Labute approximate surface area is 111 Å². The molecule has 98 valence electrons. The van der Waals surface area contributed by atoms with Crippen LogP contribution in [-0.2, 0) is 0 Å². The maximum Gasteiger partial charge on any atom is 0.253 e. The average Bonchev–Trinajstić information content (AvgIpc) is 2.35. The third kappa shape index (κ3) is 2.94. The highest BCUT2D eigenvalue weighted by Gasteiger charge is 2.23. The Morgan fingerprint density at radius 2 is 2.33 bits per heavy atom. The van der Waals surface area contributed by atoms with Gasteiger partial charge in [-0.25, -0.2) is 0 Å². The highest BCUT2D eigenvalue weighted by molar-refractivity contribution is 6.33. The van der Waals surface area contributed by atoms with Gasteiger partial charge in [-0.2, -0.15) is 0 Å². The lowest BCUT2D eigenvalue weighted by Gasteiger charge is -2.30. The number of benzene rings is 1. The van der Waals surface area contributed by atoms with Crippen LogP contribution in [0, 0.1) is 5.92 Å². The summed E-state index contributed by atoms with van der Waals surface area (Å²) >= 11 is 5.96. The molecule has 18 heavy (non-hydrogen) atoms. The second-order valence-electron chi connectivity index (χ2n) is 4.71. The van der Waals surface area contributed by atoms with Crippen molar-refractivity contribution < 1.29 is 9.90 Å². The lowest BCUT2D eigenvalue weighted by molar-refractivity contribution is 0.0915. The van der Waals surface area contributed by atoms with Crippen molar-refractivity contribution in [3.63, 3.8) is 0 Å². The van der Waals surface area contributed by atoms with Crippen molar-refractivity contribution in [2.75, 3.05) is 13.1 Å². The van der Waals surface area contributed by atoms with Crippen molar-refractivity contribution in [1.29, 1.82) is 0 Å².